The fourth-order valence-electron chi connectivity index (χ4n) is 2.71. The summed E-state index contributed by atoms with van der Waals surface area (Å²) in [6.45, 7) is 7.03. The van der Waals surface area contributed by atoms with E-state index in [2.05, 4.69) is 0 Å². The molecule has 132 valence electrons. The molecule has 0 spiro atoms. The quantitative estimate of drug-likeness (QED) is 0.506. The maximum Gasteiger partial charge on any atom is 0.164 e. The van der Waals surface area contributed by atoms with Crippen molar-refractivity contribution in [1.29, 1.82) is 0 Å². The first-order valence-electron chi connectivity index (χ1n) is 8.64. The van der Waals surface area contributed by atoms with Crippen molar-refractivity contribution in [3.05, 3.63) is 48.0 Å². The maximum absolute atomic E-state index is 11.9. The van der Waals surface area contributed by atoms with E-state index in [0.717, 1.165) is 12.8 Å². The third kappa shape index (κ3) is 6.56. The number of rotatable bonds is 9. The van der Waals surface area contributed by atoms with Crippen LogP contribution in [-0.2, 0) is 25.6 Å². The predicted molar refractivity (Wildman–Crippen MR) is 93.6 cm³/mol. The van der Waals surface area contributed by atoms with Crippen LogP contribution >= 0.6 is 0 Å². The Morgan fingerprint density at radius 1 is 1.21 bits per heavy atom. The Bertz CT molecular complexity index is 536. The highest BCUT2D eigenvalue weighted by atomic mass is 16.7. The van der Waals surface area contributed by atoms with Gasteiger partial charge in [-0.1, -0.05) is 30.3 Å². The van der Waals surface area contributed by atoms with E-state index in [9.17, 15) is 4.79 Å². The zero-order valence-corrected chi connectivity index (χ0v) is 14.9. The number of allylic oxidation sites excluding steroid dienone is 1. The minimum Gasteiger partial charge on any atom is -0.377 e. The van der Waals surface area contributed by atoms with Crippen LogP contribution in [0.25, 0.3) is 0 Å². The molecule has 2 rings (SSSR count). The molecule has 0 amide bonds. The summed E-state index contributed by atoms with van der Waals surface area (Å²) in [4.78, 5) is 11.9. The fraction of sp³-hybridized carbons (Fsp3) is 0.550. The van der Waals surface area contributed by atoms with Crippen molar-refractivity contribution in [2.75, 3.05) is 6.61 Å². The Morgan fingerprint density at radius 3 is 2.62 bits per heavy atom. The molecule has 0 aliphatic carbocycles. The molecule has 0 saturated carbocycles. The zero-order chi connectivity index (χ0) is 17.4. The summed E-state index contributed by atoms with van der Waals surface area (Å²) in [5.41, 5.74) is 1.17. The van der Waals surface area contributed by atoms with Crippen molar-refractivity contribution in [3.63, 3.8) is 0 Å². The van der Waals surface area contributed by atoms with Crippen molar-refractivity contribution < 1.29 is 19.0 Å². The second-order valence-electron chi connectivity index (χ2n) is 6.63. The first-order chi connectivity index (χ1) is 11.5. The number of benzene rings is 1. The molecule has 24 heavy (non-hydrogen) atoms. The van der Waals surface area contributed by atoms with Gasteiger partial charge in [-0.2, -0.15) is 0 Å². The first kappa shape index (κ1) is 18.8. The third-order valence-corrected chi connectivity index (χ3v) is 3.90. The number of unbranched alkanes of at least 4 members (excludes halogenated alkanes) is 1. The topological polar surface area (TPSA) is 44.8 Å². The van der Waals surface area contributed by atoms with Crippen molar-refractivity contribution in [2.45, 2.75) is 64.6 Å². The molecule has 4 heteroatoms. The molecular formula is C20H28O4. The van der Waals surface area contributed by atoms with Crippen LogP contribution in [0, 0.1) is 0 Å². The summed E-state index contributed by atoms with van der Waals surface area (Å²) in [7, 11) is 0. The Morgan fingerprint density at radius 2 is 1.96 bits per heavy atom. The van der Waals surface area contributed by atoms with Gasteiger partial charge in [0.1, 0.15) is 6.10 Å². The van der Waals surface area contributed by atoms with Crippen LogP contribution in [0.4, 0.5) is 0 Å². The van der Waals surface area contributed by atoms with E-state index in [1.54, 1.807) is 6.08 Å². The molecule has 1 saturated heterocycles. The number of ether oxygens (including phenoxy) is 3. The number of ketones is 1. The van der Waals surface area contributed by atoms with E-state index in [0.29, 0.717) is 19.6 Å². The SMILES string of the molecule is C[C@@H]1OC(C)(C)O[C@H]1/C=C/C(=O)CCCCOCc1ccccc1. The van der Waals surface area contributed by atoms with Gasteiger partial charge in [0.25, 0.3) is 0 Å². The van der Waals surface area contributed by atoms with E-state index in [-0.39, 0.29) is 18.0 Å². The normalized spacial score (nSPS) is 23.0. The predicted octanol–water partition coefficient (Wildman–Crippen LogP) is 4.04. The van der Waals surface area contributed by atoms with Crippen molar-refractivity contribution in [1.82, 2.24) is 0 Å². The van der Waals surface area contributed by atoms with Gasteiger partial charge in [0.15, 0.2) is 11.6 Å². The molecule has 0 radical (unpaired) electrons. The van der Waals surface area contributed by atoms with E-state index in [1.807, 2.05) is 57.2 Å². The largest absolute Gasteiger partial charge is 0.377 e. The van der Waals surface area contributed by atoms with Gasteiger partial charge in [-0.25, -0.2) is 0 Å². The number of hydrogen-bond acceptors (Lipinski definition) is 4. The Balaban J connectivity index is 1.56. The van der Waals surface area contributed by atoms with Crippen LogP contribution in [0.15, 0.2) is 42.5 Å². The molecule has 1 heterocycles. The molecule has 1 aromatic carbocycles. The molecule has 0 N–H and O–H groups in total. The van der Waals surface area contributed by atoms with Gasteiger partial charge in [-0.05, 0) is 51.3 Å². The highest BCUT2D eigenvalue weighted by molar-refractivity contribution is 5.89. The number of hydrogen-bond donors (Lipinski definition) is 0. The van der Waals surface area contributed by atoms with Gasteiger partial charge >= 0.3 is 0 Å². The molecule has 0 bridgehead atoms. The molecule has 0 aromatic heterocycles. The number of carbonyl (C=O) groups is 1. The monoisotopic (exact) mass is 332 g/mol. The van der Waals surface area contributed by atoms with Gasteiger partial charge in [0.2, 0.25) is 0 Å². The van der Waals surface area contributed by atoms with E-state index >= 15 is 0 Å². The van der Waals surface area contributed by atoms with Crippen LogP contribution in [0.2, 0.25) is 0 Å². The Hall–Kier alpha value is -1.49. The minimum absolute atomic E-state index is 0.0320. The second kappa shape index (κ2) is 9.11. The average Bonchev–Trinajstić information content (AvgIpc) is 2.82. The van der Waals surface area contributed by atoms with Crippen LogP contribution in [-0.4, -0.2) is 30.4 Å². The third-order valence-electron chi connectivity index (χ3n) is 3.90. The van der Waals surface area contributed by atoms with E-state index in [1.165, 1.54) is 5.56 Å². The van der Waals surface area contributed by atoms with Crippen LogP contribution in [0.5, 0.6) is 0 Å². The lowest BCUT2D eigenvalue weighted by atomic mass is 10.1. The molecule has 4 nitrogen and oxygen atoms in total. The molecule has 1 aliphatic heterocycles. The van der Waals surface area contributed by atoms with Crippen LogP contribution in [0.1, 0.15) is 45.6 Å². The van der Waals surface area contributed by atoms with Crippen molar-refractivity contribution >= 4 is 5.78 Å². The Kier molecular flexibility index (Phi) is 7.16. The van der Waals surface area contributed by atoms with Gasteiger partial charge in [0, 0.05) is 13.0 Å². The minimum atomic E-state index is -0.576. The van der Waals surface area contributed by atoms with E-state index in [4.69, 9.17) is 14.2 Å². The standard InChI is InChI=1S/C20H28O4/c1-16-19(24-20(2,3)23-16)13-12-18(21)11-7-8-14-22-15-17-9-5-4-6-10-17/h4-6,9-10,12-13,16,19H,7-8,11,14-15H2,1-3H3/b13-12+/t16-,19-/m0/s1. The summed E-state index contributed by atoms with van der Waals surface area (Å²) in [6, 6.07) is 10.1. The maximum atomic E-state index is 11.9. The van der Waals surface area contributed by atoms with Crippen molar-refractivity contribution in [2.24, 2.45) is 0 Å². The lowest BCUT2D eigenvalue weighted by molar-refractivity contribution is -0.141. The molecule has 2 atom stereocenters. The second-order valence-corrected chi connectivity index (χ2v) is 6.63. The molecule has 0 unspecified atom stereocenters. The van der Waals surface area contributed by atoms with Gasteiger partial charge in [-0.3, -0.25) is 4.79 Å². The van der Waals surface area contributed by atoms with Crippen molar-refractivity contribution in [3.8, 4) is 0 Å². The van der Waals surface area contributed by atoms with Gasteiger partial charge in [-0.15, -0.1) is 0 Å². The molecule has 1 aliphatic rings. The van der Waals surface area contributed by atoms with Crippen LogP contribution < -0.4 is 0 Å². The Labute approximate surface area is 144 Å². The summed E-state index contributed by atoms with van der Waals surface area (Å²) >= 11 is 0. The fourth-order valence-corrected chi connectivity index (χ4v) is 2.71. The lowest BCUT2D eigenvalue weighted by Gasteiger charge is -2.15. The average molecular weight is 332 g/mol. The highest BCUT2D eigenvalue weighted by Gasteiger charge is 2.37. The molecule has 1 fully saturated rings. The zero-order valence-electron chi connectivity index (χ0n) is 14.9. The highest BCUT2D eigenvalue weighted by Crippen LogP contribution is 2.28. The summed E-state index contributed by atoms with van der Waals surface area (Å²) in [5, 5.41) is 0. The van der Waals surface area contributed by atoms with Crippen LogP contribution in [0.3, 0.4) is 0 Å². The summed E-state index contributed by atoms with van der Waals surface area (Å²) in [6.07, 6.45) is 5.51. The summed E-state index contributed by atoms with van der Waals surface area (Å²) < 4.78 is 17.0. The lowest BCUT2D eigenvalue weighted by Crippen LogP contribution is -2.20. The number of carbonyl (C=O) groups excluding carboxylic acids is 1. The van der Waals surface area contributed by atoms with Gasteiger partial charge < -0.3 is 14.2 Å². The van der Waals surface area contributed by atoms with E-state index < -0.39 is 5.79 Å². The first-order valence-corrected chi connectivity index (χ1v) is 8.64. The summed E-state index contributed by atoms with van der Waals surface area (Å²) in [5.74, 6) is -0.452. The van der Waals surface area contributed by atoms with Gasteiger partial charge in [0.05, 0.1) is 12.7 Å². The molecular weight excluding hydrogens is 304 g/mol. The smallest absolute Gasteiger partial charge is 0.164 e. The molecule has 1 aromatic rings.